The van der Waals surface area contributed by atoms with Crippen molar-refractivity contribution in [2.45, 2.75) is 70.8 Å². The highest BCUT2D eigenvalue weighted by molar-refractivity contribution is 6.84. The summed E-state index contributed by atoms with van der Waals surface area (Å²) in [6.07, 6.45) is 0. The van der Waals surface area contributed by atoms with Crippen LogP contribution in [-0.4, -0.2) is 32.4 Å². The number of hydrogen-bond donors (Lipinski definition) is 2. The molecule has 0 saturated heterocycles. The molecule has 0 fully saturated rings. The van der Waals surface area contributed by atoms with Crippen molar-refractivity contribution in [3.05, 3.63) is 21.5 Å². The zero-order valence-corrected chi connectivity index (χ0v) is 17.5. The van der Waals surface area contributed by atoms with Crippen molar-refractivity contribution >= 4 is 8.07 Å². The molecule has 0 bridgehead atoms. The standard InChI is InChI=1S/C18H33NO4Si/c1-10(2)24(11(3)4,12(5)6)18(21)14-13(7)15(20)16(22-8)17(19-14)23-9/h10-12,18,21H,1-9H3,(H,19,20)/t18-/m0/s1. The normalized spacial score (nSPS) is 13.7. The topological polar surface area (TPSA) is 71.5 Å². The maximum Gasteiger partial charge on any atom is 0.238 e. The number of aromatic nitrogens is 1. The van der Waals surface area contributed by atoms with Gasteiger partial charge in [0.2, 0.25) is 17.1 Å². The molecule has 24 heavy (non-hydrogen) atoms. The van der Waals surface area contributed by atoms with Crippen LogP contribution in [-0.2, 0) is 0 Å². The highest BCUT2D eigenvalue weighted by atomic mass is 28.3. The van der Waals surface area contributed by atoms with Gasteiger partial charge in [0.25, 0.3) is 0 Å². The number of pyridine rings is 1. The van der Waals surface area contributed by atoms with E-state index in [1.54, 1.807) is 6.92 Å². The number of ether oxygens (including phenoxy) is 2. The van der Waals surface area contributed by atoms with E-state index in [1.807, 2.05) is 0 Å². The van der Waals surface area contributed by atoms with Crippen LogP contribution in [0.5, 0.6) is 11.6 Å². The zero-order chi connectivity index (χ0) is 18.8. The Morgan fingerprint density at radius 1 is 0.958 bits per heavy atom. The maximum absolute atomic E-state index is 12.6. The fraction of sp³-hybridized carbons (Fsp3) is 0.722. The highest BCUT2D eigenvalue weighted by Crippen LogP contribution is 2.49. The van der Waals surface area contributed by atoms with E-state index in [9.17, 15) is 9.90 Å². The second kappa shape index (κ2) is 7.74. The van der Waals surface area contributed by atoms with E-state index >= 15 is 0 Å². The molecule has 0 aliphatic heterocycles. The van der Waals surface area contributed by atoms with Crippen LogP contribution in [0, 0.1) is 6.92 Å². The Labute approximate surface area is 146 Å². The Balaban J connectivity index is 3.70. The van der Waals surface area contributed by atoms with E-state index in [4.69, 9.17) is 9.47 Å². The van der Waals surface area contributed by atoms with Crippen LogP contribution in [0.1, 0.15) is 58.5 Å². The van der Waals surface area contributed by atoms with Crippen LogP contribution in [0.2, 0.25) is 16.6 Å². The molecular weight excluding hydrogens is 322 g/mol. The molecule has 0 spiro atoms. The van der Waals surface area contributed by atoms with Crippen molar-refractivity contribution < 1.29 is 14.6 Å². The molecule has 0 aromatic carbocycles. The lowest BCUT2D eigenvalue weighted by Crippen LogP contribution is -2.51. The average Bonchev–Trinajstić information content (AvgIpc) is 2.48. The van der Waals surface area contributed by atoms with Crippen molar-refractivity contribution in [2.75, 3.05) is 14.2 Å². The van der Waals surface area contributed by atoms with E-state index in [2.05, 4.69) is 46.5 Å². The molecule has 138 valence electrons. The summed E-state index contributed by atoms with van der Waals surface area (Å²) >= 11 is 0. The fourth-order valence-electron chi connectivity index (χ4n) is 4.47. The lowest BCUT2D eigenvalue weighted by molar-refractivity contribution is 0.230. The van der Waals surface area contributed by atoms with Crippen LogP contribution in [0.15, 0.2) is 4.79 Å². The van der Waals surface area contributed by atoms with Gasteiger partial charge in [0.15, 0.2) is 0 Å². The van der Waals surface area contributed by atoms with Gasteiger partial charge in [-0.3, -0.25) is 4.79 Å². The molecular formula is C18H33NO4Si. The Morgan fingerprint density at radius 2 is 1.42 bits per heavy atom. The molecule has 1 aromatic rings. The summed E-state index contributed by atoms with van der Waals surface area (Å²) in [5, 5.41) is 11.4. The zero-order valence-electron chi connectivity index (χ0n) is 16.5. The van der Waals surface area contributed by atoms with Gasteiger partial charge in [-0.2, -0.15) is 0 Å². The number of rotatable bonds is 7. The van der Waals surface area contributed by atoms with Crippen LogP contribution in [0.3, 0.4) is 0 Å². The molecule has 2 N–H and O–H groups in total. The average molecular weight is 356 g/mol. The Kier molecular flexibility index (Phi) is 6.70. The Hall–Kier alpha value is -1.27. The summed E-state index contributed by atoms with van der Waals surface area (Å²) in [5.41, 5.74) is 1.25. The van der Waals surface area contributed by atoms with Gasteiger partial charge in [-0.15, -0.1) is 0 Å². The van der Waals surface area contributed by atoms with E-state index in [1.165, 1.54) is 14.2 Å². The van der Waals surface area contributed by atoms with Gasteiger partial charge >= 0.3 is 0 Å². The monoisotopic (exact) mass is 355 g/mol. The Bertz CT molecular complexity index is 600. The molecule has 0 radical (unpaired) electrons. The van der Waals surface area contributed by atoms with E-state index in [0.29, 0.717) is 27.9 Å². The Morgan fingerprint density at radius 3 is 1.75 bits per heavy atom. The molecule has 6 heteroatoms. The van der Waals surface area contributed by atoms with E-state index in [-0.39, 0.29) is 17.1 Å². The van der Waals surface area contributed by atoms with Gasteiger partial charge in [-0.1, -0.05) is 41.5 Å². The summed E-state index contributed by atoms with van der Waals surface area (Å²) < 4.78 is 10.5. The first-order valence-electron chi connectivity index (χ1n) is 8.59. The molecule has 1 aromatic heterocycles. The molecule has 0 aliphatic carbocycles. The van der Waals surface area contributed by atoms with Crippen molar-refractivity contribution in [3.63, 3.8) is 0 Å². The summed E-state index contributed by atoms with van der Waals surface area (Å²) in [6.45, 7) is 14.8. The van der Waals surface area contributed by atoms with Gasteiger partial charge in [0.05, 0.1) is 25.6 Å². The minimum atomic E-state index is -2.20. The van der Waals surface area contributed by atoms with E-state index in [0.717, 1.165) is 0 Å². The second-order valence-corrected chi connectivity index (χ2v) is 13.4. The van der Waals surface area contributed by atoms with Gasteiger partial charge in [0.1, 0.15) is 8.07 Å². The van der Waals surface area contributed by atoms with Crippen LogP contribution in [0.4, 0.5) is 0 Å². The number of aliphatic hydroxyl groups is 1. The number of aliphatic hydroxyl groups excluding tert-OH is 1. The number of hydrogen-bond acceptors (Lipinski definition) is 4. The molecule has 0 saturated carbocycles. The second-order valence-electron chi connectivity index (χ2n) is 7.43. The predicted octanol–water partition coefficient (Wildman–Crippen LogP) is 3.95. The van der Waals surface area contributed by atoms with Gasteiger partial charge < -0.3 is 19.6 Å². The third-order valence-electron chi connectivity index (χ3n) is 5.56. The van der Waals surface area contributed by atoms with Crippen LogP contribution >= 0.6 is 0 Å². The van der Waals surface area contributed by atoms with Crippen molar-refractivity contribution in [2.24, 2.45) is 0 Å². The first-order valence-corrected chi connectivity index (χ1v) is 10.9. The third-order valence-corrected chi connectivity index (χ3v) is 12.8. The lowest BCUT2D eigenvalue weighted by Gasteiger charge is -2.46. The van der Waals surface area contributed by atoms with E-state index < -0.39 is 13.8 Å². The van der Waals surface area contributed by atoms with Gasteiger partial charge in [-0.25, -0.2) is 0 Å². The summed E-state index contributed by atoms with van der Waals surface area (Å²) in [7, 11) is 0.726. The number of H-pyrrole nitrogens is 1. The minimum Gasteiger partial charge on any atom is -0.488 e. The lowest BCUT2D eigenvalue weighted by atomic mass is 10.2. The van der Waals surface area contributed by atoms with Crippen molar-refractivity contribution in [1.29, 1.82) is 0 Å². The van der Waals surface area contributed by atoms with Crippen LogP contribution in [0.25, 0.3) is 0 Å². The number of aromatic amines is 1. The van der Waals surface area contributed by atoms with Gasteiger partial charge in [-0.05, 0) is 23.5 Å². The number of nitrogens with one attached hydrogen (secondary N) is 1. The maximum atomic E-state index is 12.6. The molecule has 1 heterocycles. The highest BCUT2D eigenvalue weighted by Gasteiger charge is 2.50. The molecule has 0 amide bonds. The smallest absolute Gasteiger partial charge is 0.238 e. The molecule has 1 rings (SSSR count). The van der Waals surface area contributed by atoms with Crippen LogP contribution < -0.4 is 14.9 Å². The minimum absolute atomic E-state index is 0.150. The van der Waals surface area contributed by atoms with Gasteiger partial charge in [0, 0.05) is 5.56 Å². The molecule has 5 nitrogen and oxygen atoms in total. The first kappa shape index (κ1) is 20.8. The molecule has 1 atom stereocenters. The fourth-order valence-corrected chi connectivity index (χ4v) is 11.2. The SMILES string of the molecule is COc1[nH]c([C@@H](O)[Si](C(C)C)(C(C)C)C(C)C)c(C)c(=O)c1OC. The quantitative estimate of drug-likeness (QED) is 0.726. The summed E-state index contributed by atoms with van der Waals surface area (Å²) in [6, 6.07) is 0. The largest absolute Gasteiger partial charge is 0.488 e. The number of methoxy groups -OCH3 is 2. The molecule has 0 unspecified atom stereocenters. The third kappa shape index (κ3) is 3.13. The summed E-state index contributed by atoms with van der Waals surface area (Å²) in [4.78, 5) is 15.8. The first-order chi connectivity index (χ1) is 11.1. The summed E-state index contributed by atoms with van der Waals surface area (Å²) in [5.74, 6) is 0.415. The molecule has 0 aliphatic rings. The van der Waals surface area contributed by atoms with Crippen molar-refractivity contribution in [1.82, 2.24) is 4.98 Å². The predicted molar refractivity (Wildman–Crippen MR) is 101 cm³/mol. The van der Waals surface area contributed by atoms with Crippen molar-refractivity contribution in [3.8, 4) is 11.6 Å².